The Morgan fingerprint density at radius 1 is 1.00 bits per heavy atom. The highest BCUT2D eigenvalue weighted by molar-refractivity contribution is 6.32. The maximum Gasteiger partial charge on any atom is 0.219 e. The van der Waals surface area contributed by atoms with Crippen LogP contribution in [0.2, 0.25) is 5.02 Å². The standard InChI is InChI=1S/C14H13Cl2NO3/c1-18-10-4-11(19-2)6-12(5-10)20-14-3-9(7-15)13(16)8-17-14/h3-6,8H,7H2,1-2H3. The lowest BCUT2D eigenvalue weighted by molar-refractivity contribution is 0.385. The summed E-state index contributed by atoms with van der Waals surface area (Å²) in [7, 11) is 3.15. The van der Waals surface area contributed by atoms with Gasteiger partial charge in [0.1, 0.15) is 17.2 Å². The van der Waals surface area contributed by atoms with Crippen LogP contribution >= 0.6 is 23.2 Å². The average Bonchev–Trinajstić information content (AvgIpc) is 2.48. The molecule has 0 aliphatic rings. The van der Waals surface area contributed by atoms with Gasteiger partial charge in [-0.3, -0.25) is 0 Å². The number of nitrogens with zero attached hydrogens (tertiary/aromatic N) is 1. The predicted octanol–water partition coefficient (Wildman–Crippen LogP) is 4.28. The van der Waals surface area contributed by atoms with E-state index >= 15 is 0 Å². The topological polar surface area (TPSA) is 40.6 Å². The Balaban J connectivity index is 2.29. The number of aromatic nitrogens is 1. The van der Waals surface area contributed by atoms with Gasteiger partial charge in [-0.15, -0.1) is 11.6 Å². The number of hydrogen-bond donors (Lipinski definition) is 0. The first-order valence-corrected chi connectivity index (χ1v) is 6.69. The van der Waals surface area contributed by atoms with Gasteiger partial charge in [0.25, 0.3) is 0 Å². The molecule has 0 bridgehead atoms. The average molecular weight is 314 g/mol. The first kappa shape index (κ1) is 14.8. The Bertz CT molecular complexity index is 583. The van der Waals surface area contributed by atoms with Gasteiger partial charge in [-0.1, -0.05) is 11.6 Å². The van der Waals surface area contributed by atoms with Crippen LogP contribution in [0.25, 0.3) is 0 Å². The van der Waals surface area contributed by atoms with E-state index in [-0.39, 0.29) is 0 Å². The third kappa shape index (κ3) is 3.46. The number of halogens is 2. The summed E-state index contributed by atoms with van der Waals surface area (Å²) in [5.74, 6) is 2.51. The Morgan fingerprint density at radius 3 is 2.15 bits per heavy atom. The van der Waals surface area contributed by atoms with Crippen molar-refractivity contribution in [1.82, 2.24) is 4.98 Å². The maximum absolute atomic E-state index is 5.95. The smallest absolute Gasteiger partial charge is 0.219 e. The largest absolute Gasteiger partial charge is 0.496 e. The molecule has 0 aliphatic carbocycles. The van der Waals surface area contributed by atoms with Crippen LogP contribution in [0.5, 0.6) is 23.1 Å². The zero-order chi connectivity index (χ0) is 14.5. The third-order valence-electron chi connectivity index (χ3n) is 2.60. The van der Waals surface area contributed by atoms with Gasteiger partial charge >= 0.3 is 0 Å². The van der Waals surface area contributed by atoms with Crippen LogP contribution in [-0.4, -0.2) is 19.2 Å². The van der Waals surface area contributed by atoms with Crippen molar-refractivity contribution in [3.63, 3.8) is 0 Å². The van der Waals surface area contributed by atoms with Gasteiger partial charge in [-0.05, 0) is 5.56 Å². The highest BCUT2D eigenvalue weighted by Crippen LogP contribution is 2.31. The first-order chi connectivity index (χ1) is 9.66. The second-order valence-electron chi connectivity index (χ2n) is 3.90. The Morgan fingerprint density at radius 2 is 1.60 bits per heavy atom. The minimum absolute atomic E-state index is 0.291. The first-order valence-electron chi connectivity index (χ1n) is 5.77. The van der Waals surface area contributed by atoms with Crippen molar-refractivity contribution in [2.45, 2.75) is 5.88 Å². The van der Waals surface area contributed by atoms with Crippen LogP contribution < -0.4 is 14.2 Å². The maximum atomic E-state index is 5.95. The lowest BCUT2D eigenvalue weighted by Gasteiger charge is -2.10. The van der Waals surface area contributed by atoms with Gasteiger partial charge in [0.15, 0.2) is 0 Å². The summed E-state index contributed by atoms with van der Waals surface area (Å²) < 4.78 is 16.0. The number of hydrogen-bond acceptors (Lipinski definition) is 4. The molecule has 1 aromatic heterocycles. The fourth-order valence-electron chi connectivity index (χ4n) is 1.58. The highest BCUT2D eigenvalue weighted by Gasteiger charge is 2.07. The molecule has 2 aromatic rings. The van der Waals surface area contributed by atoms with E-state index in [0.717, 1.165) is 5.56 Å². The summed E-state index contributed by atoms with van der Waals surface area (Å²) in [6, 6.07) is 6.92. The Labute approximate surface area is 127 Å². The van der Waals surface area contributed by atoms with Crippen molar-refractivity contribution in [2.24, 2.45) is 0 Å². The molecule has 0 spiro atoms. The monoisotopic (exact) mass is 313 g/mol. The minimum Gasteiger partial charge on any atom is -0.496 e. The van der Waals surface area contributed by atoms with E-state index in [0.29, 0.717) is 34.0 Å². The molecule has 20 heavy (non-hydrogen) atoms. The van der Waals surface area contributed by atoms with Crippen LogP contribution in [0.3, 0.4) is 0 Å². The van der Waals surface area contributed by atoms with E-state index in [1.165, 1.54) is 6.20 Å². The van der Waals surface area contributed by atoms with E-state index in [2.05, 4.69) is 4.98 Å². The zero-order valence-corrected chi connectivity index (χ0v) is 12.5. The molecule has 0 radical (unpaired) electrons. The molecule has 0 unspecified atom stereocenters. The number of methoxy groups -OCH3 is 2. The molecule has 6 heteroatoms. The molecule has 0 amide bonds. The number of pyridine rings is 1. The number of ether oxygens (including phenoxy) is 3. The van der Waals surface area contributed by atoms with Gasteiger partial charge in [-0.25, -0.2) is 4.98 Å². The normalized spacial score (nSPS) is 10.2. The summed E-state index contributed by atoms with van der Waals surface area (Å²) in [5.41, 5.74) is 0.758. The van der Waals surface area contributed by atoms with Crippen LogP contribution in [0, 0.1) is 0 Å². The van der Waals surface area contributed by atoms with Crippen molar-refractivity contribution in [3.05, 3.63) is 41.0 Å². The molecule has 0 fully saturated rings. The van der Waals surface area contributed by atoms with E-state index in [4.69, 9.17) is 37.4 Å². The second kappa shape index (κ2) is 6.68. The molecular formula is C14H13Cl2NO3. The minimum atomic E-state index is 0.291. The Kier molecular flexibility index (Phi) is 4.93. The molecule has 0 atom stereocenters. The van der Waals surface area contributed by atoms with E-state index in [1.54, 1.807) is 38.5 Å². The molecule has 1 aromatic carbocycles. The molecule has 0 saturated heterocycles. The summed E-state index contributed by atoms with van der Waals surface area (Å²) in [5, 5.41) is 0.510. The van der Waals surface area contributed by atoms with Gasteiger partial charge in [0.05, 0.1) is 19.2 Å². The Hall–Kier alpha value is -1.65. The predicted molar refractivity (Wildman–Crippen MR) is 78.4 cm³/mol. The van der Waals surface area contributed by atoms with E-state index in [1.807, 2.05) is 0 Å². The summed E-state index contributed by atoms with van der Waals surface area (Å²) in [6.07, 6.45) is 1.51. The van der Waals surface area contributed by atoms with Crippen molar-refractivity contribution in [3.8, 4) is 23.1 Å². The quantitative estimate of drug-likeness (QED) is 0.772. The molecule has 0 N–H and O–H groups in total. The van der Waals surface area contributed by atoms with Crippen LogP contribution in [-0.2, 0) is 5.88 Å². The molecule has 1 heterocycles. The molecule has 0 saturated carbocycles. The fourth-order valence-corrected chi connectivity index (χ4v) is 2.04. The molecule has 106 valence electrons. The lowest BCUT2D eigenvalue weighted by Crippen LogP contribution is -1.93. The van der Waals surface area contributed by atoms with Crippen LogP contribution in [0.1, 0.15) is 5.56 Å². The van der Waals surface area contributed by atoms with Gasteiger partial charge in [0, 0.05) is 36.3 Å². The molecule has 4 nitrogen and oxygen atoms in total. The van der Waals surface area contributed by atoms with Gasteiger partial charge in [0.2, 0.25) is 5.88 Å². The number of benzene rings is 1. The summed E-state index contributed by atoms with van der Waals surface area (Å²) >= 11 is 11.7. The SMILES string of the molecule is COc1cc(OC)cc(Oc2cc(CCl)c(Cl)cn2)c1. The number of alkyl halides is 1. The van der Waals surface area contributed by atoms with Crippen molar-refractivity contribution >= 4 is 23.2 Å². The third-order valence-corrected chi connectivity index (χ3v) is 3.23. The lowest BCUT2D eigenvalue weighted by atomic mass is 10.3. The summed E-state index contributed by atoms with van der Waals surface area (Å²) in [6.45, 7) is 0. The van der Waals surface area contributed by atoms with E-state index < -0.39 is 0 Å². The summed E-state index contributed by atoms with van der Waals surface area (Å²) in [4.78, 5) is 4.10. The van der Waals surface area contributed by atoms with Crippen LogP contribution in [0.4, 0.5) is 0 Å². The fraction of sp³-hybridized carbons (Fsp3) is 0.214. The number of rotatable bonds is 5. The second-order valence-corrected chi connectivity index (χ2v) is 4.57. The van der Waals surface area contributed by atoms with Crippen molar-refractivity contribution in [1.29, 1.82) is 0 Å². The zero-order valence-electron chi connectivity index (χ0n) is 11.0. The van der Waals surface area contributed by atoms with E-state index in [9.17, 15) is 0 Å². The highest BCUT2D eigenvalue weighted by atomic mass is 35.5. The molecule has 2 rings (SSSR count). The molecule has 0 aliphatic heterocycles. The van der Waals surface area contributed by atoms with Crippen molar-refractivity contribution < 1.29 is 14.2 Å². The molecular weight excluding hydrogens is 301 g/mol. The van der Waals surface area contributed by atoms with Crippen LogP contribution in [0.15, 0.2) is 30.5 Å². The van der Waals surface area contributed by atoms with Gasteiger partial charge in [-0.2, -0.15) is 0 Å². The van der Waals surface area contributed by atoms with Crippen molar-refractivity contribution in [2.75, 3.05) is 14.2 Å². The van der Waals surface area contributed by atoms with Gasteiger partial charge < -0.3 is 14.2 Å².